The Bertz CT molecular complexity index is 444. The summed E-state index contributed by atoms with van der Waals surface area (Å²) in [6, 6.07) is 6.29. The van der Waals surface area contributed by atoms with Gasteiger partial charge in [-0.25, -0.2) is 0 Å². The van der Waals surface area contributed by atoms with Crippen LogP contribution in [0.2, 0.25) is 0 Å². The van der Waals surface area contributed by atoms with Crippen molar-refractivity contribution >= 4 is 15.9 Å². The van der Waals surface area contributed by atoms with E-state index in [-0.39, 0.29) is 11.6 Å². The average Bonchev–Trinajstić information content (AvgIpc) is 3.12. The molecule has 3 heteroatoms. The van der Waals surface area contributed by atoms with E-state index in [1.54, 1.807) is 0 Å². The summed E-state index contributed by atoms with van der Waals surface area (Å²) in [5, 5.41) is 0. The third kappa shape index (κ3) is 1.89. The summed E-state index contributed by atoms with van der Waals surface area (Å²) in [5.74, 6) is 1.69. The molecule has 2 N–H and O–H groups in total. The van der Waals surface area contributed by atoms with E-state index in [0.717, 1.165) is 28.6 Å². The van der Waals surface area contributed by atoms with Crippen LogP contribution in [-0.2, 0) is 0 Å². The molecule has 1 fully saturated rings. The number of hydrogen-bond acceptors (Lipinski definition) is 2. The van der Waals surface area contributed by atoms with Gasteiger partial charge in [-0.2, -0.15) is 0 Å². The molecule has 1 aliphatic heterocycles. The molecule has 2 atom stereocenters. The molecule has 0 radical (unpaired) electrons. The summed E-state index contributed by atoms with van der Waals surface area (Å²) >= 11 is 3.50. The number of nitrogens with two attached hydrogens (primary N) is 1. The van der Waals surface area contributed by atoms with Gasteiger partial charge in [0.2, 0.25) is 0 Å². The minimum atomic E-state index is -0.00674. The molecular weight excluding hydrogens is 278 g/mol. The summed E-state index contributed by atoms with van der Waals surface area (Å²) in [5.41, 5.74) is 7.46. The zero-order chi connectivity index (χ0) is 12.0. The molecule has 1 heterocycles. The van der Waals surface area contributed by atoms with Crippen molar-refractivity contribution in [2.45, 2.75) is 44.2 Å². The van der Waals surface area contributed by atoms with Crippen molar-refractivity contribution in [2.75, 3.05) is 0 Å². The number of halogens is 1. The smallest absolute Gasteiger partial charge is 0.126 e. The van der Waals surface area contributed by atoms with Gasteiger partial charge in [-0.1, -0.05) is 28.9 Å². The van der Waals surface area contributed by atoms with Gasteiger partial charge in [0.1, 0.15) is 11.4 Å². The summed E-state index contributed by atoms with van der Waals surface area (Å²) in [4.78, 5) is 0. The zero-order valence-corrected chi connectivity index (χ0v) is 11.7. The summed E-state index contributed by atoms with van der Waals surface area (Å²) in [6.45, 7) is 2.22. The lowest BCUT2D eigenvalue weighted by Crippen LogP contribution is -2.44. The molecule has 17 heavy (non-hydrogen) atoms. The minimum Gasteiger partial charge on any atom is -0.487 e. The molecule has 3 rings (SSSR count). The number of rotatable bonds is 2. The first-order valence-corrected chi connectivity index (χ1v) is 7.18. The van der Waals surface area contributed by atoms with Crippen LogP contribution in [-0.4, -0.2) is 5.60 Å². The van der Waals surface area contributed by atoms with Gasteiger partial charge in [-0.15, -0.1) is 0 Å². The van der Waals surface area contributed by atoms with Gasteiger partial charge in [-0.05, 0) is 37.3 Å². The second-order valence-electron chi connectivity index (χ2n) is 5.29. The van der Waals surface area contributed by atoms with Gasteiger partial charge in [0.15, 0.2) is 0 Å². The van der Waals surface area contributed by atoms with Crippen LogP contribution in [0.15, 0.2) is 22.7 Å². The quantitative estimate of drug-likeness (QED) is 0.901. The fraction of sp³-hybridized carbons (Fsp3) is 0.571. The Morgan fingerprint density at radius 2 is 2.24 bits per heavy atom. The van der Waals surface area contributed by atoms with Crippen LogP contribution in [0.3, 0.4) is 0 Å². The van der Waals surface area contributed by atoms with Crippen molar-refractivity contribution in [1.29, 1.82) is 0 Å². The maximum Gasteiger partial charge on any atom is 0.126 e. The Labute approximate surface area is 111 Å². The van der Waals surface area contributed by atoms with E-state index in [1.807, 2.05) is 6.07 Å². The number of hydrogen-bond donors (Lipinski definition) is 1. The highest BCUT2D eigenvalue weighted by Gasteiger charge is 2.49. The van der Waals surface area contributed by atoms with Crippen LogP contribution in [0.5, 0.6) is 5.75 Å². The van der Waals surface area contributed by atoms with Crippen LogP contribution in [0.4, 0.5) is 0 Å². The van der Waals surface area contributed by atoms with Gasteiger partial charge >= 0.3 is 0 Å². The van der Waals surface area contributed by atoms with E-state index in [2.05, 4.69) is 35.0 Å². The minimum absolute atomic E-state index is 0.00674. The van der Waals surface area contributed by atoms with Gasteiger partial charge in [0.25, 0.3) is 0 Å². The maximum atomic E-state index is 6.33. The van der Waals surface area contributed by atoms with E-state index >= 15 is 0 Å². The molecule has 1 aromatic rings. The molecule has 1 aromatic carbocycles. The second kappa shape index (κ2) is 3.99. The summed E-state index contributed by atoms with van der Waals surface area (Å²) in [6.07, 6.45) is 4.61. The largest absolute Gasteiger partial charge is 0.487 e. The third-order valence-corrected chi connectivity index (χ3v) is 4.67. The van der Waals surface area contributed by atoms with Crippen molar-refractivity contribution in [2.24, 2.45) is 11.7 Å². The van der Waals surface area contributed by atoms with Crippen molar-refractivity contribution in [3.05, 3.63) is 28.2 Å². The molecule has 0 aromatic heterocycles. The SMILES string of the molecule is CCC1(C2CC2)C[C@H](N)c2ccc(Br)cc2O1. The summed E-state index contributed by atoms with van der Waals surface area (Å²) in [7, 11) is 0. The molecule has 0 amide bonds. The average molecular weight is 296 g/mol. The molecule has 0 saturated heterocycles. The maximum absolute atomic E-state index is 6.33. The van der Waals surface area contributed by atoms with Crippen molar-refractivity contribution < 1.29 is 4.74 Å². The van der Waals surface area contributed by atoms with Gasteiger partial charge in [-0.3, -0.25) is 0 Å². The Hall–Kier alpha value is -0.540. The van der Waals surface area contributed by atoms with E-state index in [9.17, 15) is 0 Å². The predicted molar refractivity (Wildman–Crippen MR) is 72.1 cm³/mol. The molecule has 92 valence electrons. The third-order valence-electron chi connectivity index (χ3n) is 4.17. The van der Waals surface area contributed by atoms with Crippen molar-refractivity contribution in [3.63, 3.8) is 0 Å². The molecule has 1 unspecified atom stereocenters. The highest BCUT2D eigenvalue weighted by atomic mass is 79.9. The molecule has 1 saturated carbocycles. The second-order valence-corrected chi connectivity index (χ2v) is 6.20. The van der Waals surface area contributed by atoms with Crippen molar-refractivity contribution in [3.8, 4) is 5.75 Å². The first-order chi connectivity index (χ1) is 8.14. The van der Waals surface area contributed by atoms with E-state index in [4.69, 9.17) is 10.5 Å². The van der Waals surface area contributed by atoms with Gasteiger partial charge in [0.05, 0.1) is 0 Å². The highest BCUT2D eigenvalue weighted by molar-refractivity contribution is 9.10. The van der Waals surface area contributed by atoms with E-state index in [1.165, 1.54) is 12.8 Å². The topological polar surface area (TPSA) is 35.2 Å². The standard InChI is InChI=1S/C14H18BrNO/c1-2-14(9-3-4-9)8-12(16)11-6-5-10(15)7-13(11)17-14/h5-7,9,12H,2-4,8,16H2,1H3/t12-,14?/m0/s1. The lowest BCUT2D eigenvalue weighted by atomic mass is 9.82. The fourth-order valence-electron chi connectivity index (χ4n) is 3.01. The van der Waals surface area contributed by atoms with E-state index < -0.39 is 0 Å². The van der Waals surface area contributed by atoms with Crippen LogP contribution >= 0.6 is 15.9 Å². The molecule has 0 bridgehead atoms. The summed E-state index contributed by atoms with van der Waals surface area (Å²) < 4.78 is 7.40. The number of ether oxygens (including phenoxy) is 1. The Balaban J connectivity index is 2.00. The molecular formula is C14H18BrNO. The number of fused-ring (bicyclic) bond motifs is 1. The Kier molecular flexibility index (Phi) is 2.71. The first kappa shape index (κ1) is 11.5. The van der Waals surface area contributed by atoms with Gasteiger partial charge in [0, 0.05) is 22.5 Å². The first-order valence-electron chi connectivity index (χ1n) is 6.38. The van der Waals surface area contributed by atoms with Crippen LogP contribution < -0.4 is 10.5 Å². The normalized spacial score (nSPS) is 31.8. The lowest BCUT2D eigenvalue weighted by Gasteiger charge is -2.41. The zero-order valence-electron chi connectivity index (χ0n) is 10.1. The Morgan fingerprint density at radius 3 is 2.88 bits per heavy atom. The lowest BCUT2D eigenvalue weighted by molar-refractivity contribution is 0.0106. The Morgan fingerprint density at radius 1 is 1.47 bits per heavy atom. The predicted octanol–water partition coefficient (Wildman–Crippen LogP) is 3.79. The van der Waals surface area contributed by atoms with Crippen LogP contribution in [0.1, 0.15) is 44.2 Å². The molecule has 0 spiro atoms. The fourth-order valence-corrected chi connectivity index (χ4v) is 3.35. The molecule has 1 aliphatic carbocycles. The number of benzene rings is 1. The molecule has 2 nitrogen and oxygen atoms in total. The van der Waals surface area contributed by atoms with E-state index in [0.29, 0.717) is 5.92 Å². The monoisotopic (exact) mass is 295 g/mol. The van der Waals surface area contributed by atoms with Crippen LogP contribution in [0.25, 0.3) is 0 Å². The van der Waals surface area contributed by atoms with Crippen molar-refractivity contribution in [1.82, 2.24) is 0 Å². The van der Waals surface area contributed by atoms with Crippen LogP contribution in [0, 0.1) is 5.92 Å². The van der Waals surface area contributed by atoms with Gasteiger partial charge < -0.3 is 10.5 Å². The highest BCUT2D eigenvalue weighted by Crippen LogP contribution is 2.52. The molecule has 2 aliphatic rings.